The van der Waals surface area contributed by atoms with Gasteiger partial charge in [0.25, 0.3) is 5.91 Å². The number of fused-ring (bicyclic) bond motifs is 1. The Morgan fingerprint density at radius 2 is 2.12 bits per heavy atom. The van der Waals surface area contributed by atoms with E-state index in [0.29, 0.717) is 11.3 Å². The summed E-state index contributed by atoms with van der Waals surface area (Å²) in [5, 5.41) is 0. The first-order valence-corrected chi connectivity index (χ1v) is 5.79. The van der Waals surface area contributed by atoms with Crippen molar-refractivity contribution in [1.29, 1.82) is 0 Å². The molecule has 1 aliphatic rings. The number of rotatable bonds is 2. The monoisotopic (exact) mass is 232 g/mol. The van der Waals surface area contributed by atoms with E-state index in [4.69, 9.17) is 5.73 Å². The summed E-state index contributed by atoms with van der Waals surface area (Å²) in [6.45, 7) is 3.84. The first-order chi connectivity index (χ1) is 8.04. The van der Waals surface area contributed by atoms with E-state index in [1.165, 1.54) is 4.90 Å². The minimum absolute atomic E-state index is 0.0652. The van der Waals surface area contributed by atoms with E-state index in [1.807, 2.05) is 13.8 Å². The molecule has 1 aliphatic heterocycles. The molecule has 0 aliphatic carbocycles. The maximum Gasteiger partial charge on any atom is 0.261 e. The zero-order valence-electron chi connectivity index (χ0n) is 10.1. The number of nitrogens with two attached hydrogens (primary N) is 1. The lowest BCUT2D eigenvalue weighted by atomic mass is 9.96. The number of carbonyl (C=O) groups excluding carboxylic acids is 2. The summed E-state index contributed by atoms with van der Waals surface area (Å²) in [5.74, 6) is -0.348. The normalized spacial score (nSPS) is 16.9. The second-order valence-corrected chi connectivity index (χ2v) is 4.42. The van der Waals surface area contributed by atoms with Gasteiger partial charge in [0.15, 0.2) is 0 Å². The third kappa shape index (κ3) is 1.90. The predicted molar refractivity (Wildman–Crippen MR) is 65.5 cm³/mol. The van der Waals surface area contributed by atoms with Crippen molar-refractivity contribution in [2.24, 2.45) is 0 Å². The molecule has 0 saturated carbocycles. The lowest BCUT2D eigenvalue weighted by Gasteiger charge is -2.31. The maximum absolute atomic E-state index is 12.2. The molecule has 2 amide bonds. The first-order valence-electron chi connectivity index (χ1n) is 5.79. The molecule has 1 aromatic rings. The van der Waals surface area contributed by atoms with Gasteiger partial charge in [0.2, 0.25) is 5.91 Å². The van der Waals surface area contributed by atoms with E-state index in [0.717, 1.165) is 12.0 Å². The van der Waals surface area contributed by atoms with Crippen molar-refractivity contribution in [3.05, 3.63) is 29.3 Å². The standard InChI is InChI=1S/C13H16N2O2/c1-3-8(2)15-12(16)6-9-4-5-10(14)7-11(9)13(15)17/h4-5,7-8H,3,6,14H2,1-2H3. The topological polar surface area (TPSA) is 63.4 Å². The highest BCUT2D eigenvalue weighted by Crippen LogP contribution is 2.24. The fraction of sp³-hybridized carbons (Fsp3) is 0.385. The molecule has 1 atom stereocenters. The lowest BCUT2D eigenvalue weighted by Crippen LogP contribution is -2.47. The highest BCUT2D eigenvalue weighted by atomic mass is 16.2. The fourth-order valence-corrected chi connectivity index (χ4v) is 2.07. The zero-order valence-corrected chi connectivity index (χ0v) is 10.1. The quantitative estimate of drug-likeness (QED) is 0.622. The molecule has 17 heavy (non-hydrogen) atoms. The Balaban J connectivity index is 2.45. The van der Waals surface area contributed by atoms with Gasteiger partial charge in [-0.05, 0) is 31.0 Å². The number of nitrogen functional groups attached to an aromatic ring is 1. The number of nitrogens with zero attached hydrogens (tertiary/aromatic N) is 1. The Morgan fingerprint density at radius 3 is 2.76 bits per heavy atom. The Labute approximate surface area is 100 Å². The summed E-state index contributed by atoms with van der Waals surface area (Å²) >= 11 is 0. The maximum atomic E-state index is 12.2. The summed E-state index contributed by atoms with van der Waals surface area (Å²) in [7, 11) is 0. The molecule has 1 aromatic carbocycles. The van der Waals surface area contributed by atoms with Crippen molar-refractivity contribution in [3.8, 4) is 0 Å². The van der Waals surface area contributed by atoms with Gasteiger partial charge in [-0.25, -0.2) is 0 Å². The number of hydrogen-bond acceptors (Lipinski definition) is 3. The average Bonchev–Trinajstić information content (AvgIpc) is 2.30. The van der Waals surface area contributed by atoms with Crippen molar-refractivity contribution in [2.45, 2.75) is 32.7 Å². The minimum atomic E-state index is -0.224. The third-order valence-corrected chi connectivity index (χ3v) is 3.23. The molecular weight excluding hydrogens is 216 g/mol. The van der Waals surface area contributed by atoms with Crippen LogP contribution in [0.4, 0.5) is 5.69 Å². The summed E-state index contributed by atoms with van der Waals surface area (Å²) < 4.78 is 0. The molecule has 90 valence electrons. The second-order valence-electron chi connectivity index (χ2n) is 4.42. The van der Waals surface area contributed by atoms with Crippen molar-refractivity contribution >= 4 is 17.5 Å². The smallest absolute Gasteiger partial charge is 0.261 e. The van der Waals surface area contributed by atoms with Crippen LogP contribution in [-0.2, 0) is 11.2 Å². The van der Waals surface area contributed by atoms with Crippen LogP contribution in [0.5, 0.6) is 0 Å². The lowest BCUT2D eigenvalue weighted by molar-refractivity contribution is -0.130. The second kappa shape index (κ2) is 4.20. The summed E-state index contributed by atoms with van der Waals surface area (Å²) in [6, 6.07) is 5.07. The average molecular weight is 232 g/mol. The molecule has 2 N–H and O–H groups in total. The number of benzene rings is 1. The number of imide groups is 1. The fourth-order valence-electron chi connectivity index (χ4n) is 2.07. The molecule has 4 heteroatoms. The van der Waals surface area contributed by atoms with Gasteiger partial charge < -0.3 is 5.73 Å². The van der Waals surface area contributed by atoms with Gasteiger partial charge in [0.05, 0.1) is 6.42 Å². The highest BCUT2D eigenvalue weighted by Gasteiger charge is 2.33. The van der Waals surface area contributed by atoms with E-state index < -0.39 is 0 Å². The summed E-state index contributed by atoms with van der Waals surface area (Å²) in [6.07, 6.45) is 1.04. The largest absolute Gasteiger partial charge is 0.399 e. The van der Waals surface area contributed by atoms with Crippen LogP contribution in [0.15, 0.2) is 18.2 Å². The third-order valence-electron chi connectivity index (χ3n) is 3.23. The van der Waals surface area contributed by atoms with Crippen molar-refractivity contribution in [3.63, 3.8) is 0 Å². The van der Waals surface area contributed by atoms with Gasteiger partial charge in [-0.3, -0.25) is 14.5 Å². The van der Waals surface area contributed by atoms with Crippen molar-refractivity contribution in [1.82, 2.24) is 4.90 Å². The summed E-state index contributed by atoms with van der Waals surface area (Å²) in [5.41, 5.74) is 7.56. The van der Waals surface area contributed by atoms with Gasteiger partial charge >= 0.3 is 0 Å². The van der Waals surface area contributed by atoms with Gasteiger partial charge in [0, 0.05) is 17.3 Å². The van der Waals surface area contributed by atoms with E-state index in [9.17, 15) is 9.59 Å². The van der Waals surface area contributed by atoms with Crippen LogP contribution in [0, 0.1) is 0 Å². The molecule has 1 heterocycles. The van der Waals surface area contributed by atoms with E-state index in [-0.39, 0.29) is 24.3 Å². The van der Waals surface area contributed by atoms with Crippen molar-refractivity contribution in [2.75, 3.05) is 5.73 Å². The highest BCUT2D eigenvalue weighted by molar-refractivity contribution is 6.10. The predicted octanol–water partition coefficient (Wildman–Crippen LogP) is 1.59. The van der Waals surface area contributed by atoms with Gasteiger partial charge in [-0.1, -0.05) is 13.0 Å². The van der Waals surface area contributed by atoms with Crippen LogP contribution in [0.2, 0.25) is 0 Å². The van der Waals surface area contributed by atoms with Gasteiger partial charge in [0.1, 0.15) is 0 Å². The Morgan fingerprint density at radius 1 is 1.41 bits per heavy atom. The Hall–Kier alpha value is -1.84. The Bertz CT molecular complexity index is 482. The molecule has 0 saturated heterocycles. The number of amides is 2. The van der Waals surface area contributed by atoms with Crippen molar-refractivity contribution < 1.29 is 9.59 Å². The molecule has 0 bridgehead atoms. The van der Waals surface area contributed by atoms with Gasteiger partial charge in [-0.15, -0.1) is 0 Å². The van der Waals surface area contributed by atoms with E-state index in [2.05, 4.69) is 0 Å². The van der Waals surface area contributed by atoms with Crippen LogP contribution in [0.1, 0.15) is 36.2 Å². The van der Waals surface area contributed by atoms with Crippen LogP contribution in [0.3, 0.4) is 0 Å². The number of hydrogen-bond donors (Lipinski definition) is 1. The van der Waals surface area contributed by atoms with Crippen LogP contribution >= 0.6 is 0 Å². The number of carbonyl (C=O) groups is 2. The SMILES string of the molecule is CCC(C)N1C(=O)Cc2ccc(N)cc2C1=O. The van der Waals surface area contributed by atoms with E-state index in [1.54, 1.807) is 18.2 Å². The van der Waals surface area contributed by atoms with Crippen LogP contribution < -0.4 is 5.73 Å². The van der Waals surface area contributed by atoms with Crippen LogP contribution in [-0.4, -0.2) is 22.8 Å². The van der Waals surface area contributed by atoms with Crippen LogP contribution in [0.25, 0.3) is 0 Å². The summed E-state index contributed by atoms with van der Waals surface area (Å²) in [4.78, 5) is 25.5. The molecule has 4 nitrogen and oxygen atoms in total. The number of anilines is 1. The molecule has 0 radical (unpaired) electrons. The molecule has 0 spiro atoms. The molecule has 1 unspecified atom stereocenters. The Kier molecular flexibility index (Phi) is 2.88. The molecule has 2 rings (SSSR count). The van der Waals surface area contributed by atoms with Gasteiger partial charge in [-0.2, -0.15) is 0 Å². The molecule has 0 fully saturated rings. The minimum Gasteiger partial charge on any atom is -0.399 e. The molecule has 0 aromatic heterocycles. The van der Waals surface area contributed by atoms with E-state index >= 15 is 0 Å². The first kappa shape index (κ1) is 11.6. The molecular formula is C13H16N2O2. The zero-order chi connectivity index (χ0) is 12.6.